The van der Waals surface area contributed by atoms with Crippen LogP contribution in [0.25, 0.3) is 0 Å². The van der Waals surface area contributed by atoms with Crippen LogP contribution in [-0.4, -0.2) is 51.5 Å². The molecule has 1 heterocycles. The fourth-order valence-corrected chi connectivity index (χ4v) is 1.92. The van der Waals surface area contributed by atoms with Gasteiger partial charge >= 0.3 is 0 Å². The molecule has 5 heteroatoms. The monoisotopic (exact) mass is 258 g/mol. The quantitative estimate of drug-likeness (QED) is 0.624. The van der Waals surface area contributed by atoms with Crippen LogP contribution < -0.4 is 10.6 Å². The highest BCUT2D eigenvalue weighted by Crippen LogP contribution is 2.10. The predicted octanol–water partition coefficient (Wildman–Crippen LogP) is 0.544. The van der Waals surface area contributed by atoms with E-state index in [1.54, 1.807) is 0 Å². The smallest absolute Gasteiger partial charge is 0.223 e. The van der Waals surface area contributed by atoms with Gasteiger partial charge in [-0.15, -0.1) is 0 Å². The Bertz CT molecular complexity index is 228. The molecule has 2 N–H and O–H groups in total. The fraction of sp³-hybridized carbons (Fsp3) is 0.923. The van der Waals surface area contributed by atoms with Crippen LogP contribution in [0.1, 0.15) is 26.7 Å². The first-order chi connectivity index (χ1) is 8.70. The van der Waals surface area contributed by atoms with Gasteiger partial charge in [-0.25, -0.2) is 0 Å². The zero-order valence-corrected chi connectivity index (χ0v) is 11.5. The number of rotatable bonds is 8. The molecule has 1 amide bonds. The van der Waals surface area contributed by atoms with Crippen molar-refractivity contribution < 1.29 is 14.3 Å². The Hall–Kier alpha value is -0.650. The number of carbonyl (C=O) groups excluding carboxylic acids is 1. The lowest BCUT2D eigenvalue weighted by atomic mass is 9.97. The van der Waals surface area contributed by atoms with E-state index >= 15 is 0 Å². The molecular weight excluding hydrogens is 232 g/mol. The molecule has 0 atom stereocenters. The molecule has 1 fully saturated rings. The molecule has 1 aliphatic rings. The van der Waals surface area contributed by atoms with Crippen LogP contribution >= 0.6 is 0 Å². The number of carbonyl (C=O) groups is 1. The van der Waals surface area contributed by atoms with Gasteiger partial charge in [0.05, 0.1) is 25.9 Å². The standard InChI is InChI=1S/C13H26N2O3/c1-11(2)18-10-9-17-8-7-15-13(16)12-3-5-14-6-4-12/h11-12,14H,3-10H2,1-2H3,(H,15,16). The van der Waals surface area contributed by atoms with Gasteiger partial charge < -0.3 is 20.1 Å². The molecular formula is C13H26N2O3. The van der Waals surface area contributed by atoms with Crippen LogP contribution in [0.3, 0.4) is 0 Å². The molecule has 0 unspecified atom stereocenters. The van der Waals surface area contributed by atoms with Crippen molar-refractivity contribution in [1.29, 1.82) is 0 Å². The Labute approximate surface area is 110 Å². The van der Waals surface area contributed by atoms with Gasteiger partial charge in [0.1, 0.15) is 0 Å². The molecule has 0 radical (unpaired) electrons. The SMILES string of the molecule is CC(C)OCCOCCNC(=O)C1CCNCC1. The zero-order chi connectivity index (χ0) is 13.2. The lowest BCUT2D eigenvalue weighted by Crippen LogP contribution is -2.39. The van der Waals surface area contributed by atoms with Crippen molar-refractivity contribution in [2.75, 3.05) is 39.5 Å². The van der Waals surface area contributed by atoms with Crippen molar-refractivity contribution in [2.45, 2.75) is 32.8 Å². The summed E-state index contributed by atoms with van der Waals surface area (Å²) in [6.07, 6.45) is 2.12. The molecule has 0 saturated carbocycles. The molecule has 1 aliphatic heterocycles. The Balaban J connectivity index is 1.92. The number of piperidine rings is 1. The van der Waals surface area contributed by atoms with Crippen molar-refractivity contribution in [3.63, 3.8) is 0 Å². The maximum Gasteiger partial charge on any atom is 0.223 e. The molecule has 0 aromatic carbocycles. The first kappa shape index (κ1) is 15.4. The predicted molar refractivity (Wildman–Crippen MR) is 70.5 cm³/mol. The third-order valence-electron chi connectivity index (χ3n) is 2.93. The van der Waals surface area contributed by atoms with Gasteiger partial charge in [-0.3, -0.25) is 4.79 Å². The molecule has 0 aromatic rings. The molecule has 1 rings (SSSR count). The zero-order valence-electron chi connectivity index (χ0n) is 11.5. The molecule has 1 saturated heterocycles. The van der Waals surface area contributed by atoms with Gasteiger partial charge in [0, 0.05) is 12.5 Å². The van der Waals surface area contributed by atoms with E-state index in [0.717, 1.165) is 25.9 Å². The number of nitrogens with one attached hydrogen (secondary N) is 2. The average molecular weight is 258 g/mol. The van der Waals surface area contributed by atoms with Gasteiger partial charge in [0.2, 0.25) is 5.91 Å². The van der Waals surface area contributed by atoms with Crippen molar-refractivity contribution in [3.8, 4) is 0 Å². The lowest BCUT2D eigenvalue weighted by Gasteiger charge is -2.21. The lowest BCUT2D eigenvalue weighted by molar-refractivity contribution is -0.126. The van der Waals surface area contributed by atoms with E-state index in [1.807, 2.05) is 13.8 Å². The number of hydrogen-bond donors (Lipinski definition) is 2. The largest absolute Gasteiger partial charge is 0.377 e. The Morgan fingerprint density at radius 3 is 2.67 bits per heavy atom. The van der Waals surface area contributed by atoms with Gasteiger partial charge in [-0.05, 0) is 39.8 Å². The summed E-state index contributed by atoms with van der Waals surface area (Å²) < 4.78 is 10.7. The Morgan fingerprint density at radius 1 is 1.28 bits per heavy atom. The first-order valence-electron chi connectivity index (χ1n) is 6.88. The minimum Gasteiger partial charge on any atom is -0.377 e. The summed E-state index contributed by atoms with van der Waals surface area (Å²) in [6.45, 7) is 8.23. The highest BCUT2D eigenvalue weighted by Gasteiger charge is 2.19. The molecule has 18 heavy (non-hydrogen) atoms. The van der Waals surface area contributed by atoms with E-state index in [9.17, 15) is 4.79 Å². The third kappa shape index (κ3) is 6.93. The van der Waals surface area contributed by atoms with Crippen LogP contribution in [0.4, 0.5) is 0 Å². The van der Waals surface area contributed by atoms with Crippen LogP contribution in [0, 0.1) is 5.92 Å². The van der Waals surface area contributed by atoms with Gasteiger partial charge in [0.15, 0.2) is 0 Å². The van der Waals surface area contributed by atoms with Crippen molar-refractivity contribution in [2.24, 2.45) is 5.92 Å². The van der Waals surface area contributed by atoms with Gasteiger partial charge in [0.25, 0.3) is 0 Å². The summed E-state index contributed by atoms with van der Waals surface area (Å²) >= 11 is 0. The van der Waals surface area contributed by atoms with Crippen molar-refractivity contribution >= 4 is 5.91 Å². The van der Waals surface area contributed by atoms with E-state index in [-0.39, 0.29) is 17.9 Å². The van der Waals surface area contributed by atoms with Crippen molar-refractivity contribution in [1.82, 2.24) is 10.6 Å². The van der Waals surface area contributed by atoms with E-state index in [1.165, 1.54) is 0 Å². The molecule has 0 spiro atoms. The summed E-state index contributed by atoms with van der Waals surface area (Å²) in [5.41, 5.74) is 0. The maximum absolute atomic E-state index is 11.8. The summed E-state index contributed by atoms with van der Waals surface area (Å²) in [4.78, 5) is 11.8. The molecule has 0 aliphatic carbocycles. The third-order valence-corrected chi connectivity index (χ3v) is 2.93. The molecule has 0 bridgehead atoms. The summed E-state index contributed by atoms with van der Waals surface area (Å²) in [7, 11) is 0. The topological polar surface area (TPSA) is 59.6 Å². The van der Waals surface area contributed by atoms with Gasteiger partial charge in [-0.1, -0.05) is 0 Å². The minimum absolute atomic E-state index is 0.165. The number of ether oxygens (including phenoxy) is 2. The van der Waals surface area contributed by atoms with Crippen LogP contribution in [0.5, 0.6) is 0 Å². The average Bonchev–Trinajstić information content (AvgIpc) is 2.38. The van der Waals surface area contributed by atoms with E-state index in [2.05, 4.69) is 10.6 Å². The van der Waals surface area contributed by atoms with E-state index in [4.69, 9.17) is 9.47 Å². The molecule has 0 aromatic heterocycles. The van der Waals surface area contributed by atoms with Crippen LogP contribution in [-0.2, 0) is 14.3 Å². The van der Waals surface area contributed by atoms with Crippen LogP contribution in [0.2, 0.25) is 0 Å². The highest BCUT2D eigenvalue weighted by molar-refractivity contribution is 5.78. The minimum atomic E-state index is 0.165. The first-order valence-corrected chi connectivity index (χ1v) is 6.88. The van der Waals surface area contributed by atoms with Gasteiger partial charge in [-0.2, -0.15) is 0 Å². The fourth-order valence-electron chi connectivity index (χ4n) is 1.92. The number of hydrogen-bond acceptors (Lipinski definition) is 4. The van der Waals surface area contributed by atoms with Crippen molar-refractivity contribution in [3.05, 3.63) is 0 Å². The Kier molecular flexibility index (Phi) is 7.96. The van der Waals surface area contributed by atoms with E-state index < -0.39 is 0 Å². The Morgan fingerprint density at radius 2 is 2.00 bits per heavy atom. The maximum atomic E-state index is 11.8. The number of amides is 1. The van der Waals surface area contributed by atoms with Crippen LogP contribution in [0.15, 0.2) is 0 Å². The second-order valence-corrected chi connectivity index (χ2v) is 4.85. The molecule has 5 nitrogen and oxygen atoms in total. The highest BCUT2D eigenvalue weighted by atomic mass is 16.5. The second-order valence-electron chi connectivity index (χ2n) is 4.85. The summed E-state index contributed by atoms with van der Waals surface area (Å²) in [6, 6.07) is 0. The summed E-state index contributed by atoms with van der Waals surface area (Å²) in [5, 5.41) is 6.17. The second kappa shape index (κ2) is 9.30. The summed E-state index contributed by atoms with van der Waals surface area (Å²) in [5.74, 6) is 0.342. The van der Waals surface area contributed by atoms with E-state index in [0.29, 0.717) is 26.4 Å². The normalized spacial score (nSPS) is 17.1. The molecule has 106 valence electrons.